The van der Waals surface area contributed by atoms with Gasteiger partial charge in [-0.25, -0.2) is 13.1 Å². The fourth-order valence-electron chi connectivity index (χ4n) is 2.30. The van der Waals surface area contributed by atoms with Crippen molar-refractivity contribution in [3.63, 3.8) is 0 Å². The van der Waals surface area contributed by atoms with E-state index in [1.165, 1.54) is 0 Å². The highest BCUT2D eigenvalue weighted by atomic mass is 32.2. The Hall–Kier alpha value is -1.66. The van der Waals surface area contributed by atoms with Gasteiger partial charge in [-0.1, -0.05) is 12.1 Å². The summed E-state index contributed by atoms with van der Waals surface area (Å²) in [6.45, 7) is 7.43. The van der Waals surface area contributed by atoms with E-state index >= 15 is 0 Å². The van der Waals surface area contributed by atoms with Crippen LogP contribution in [0.15, 0.2) is 29.3 Å². The van der Waals surface area contributed by atoms with Crippen LogP contribution in [0.25, 0.3) is 0 Å². The highest BCUT2D eigenvalue weighted by Crippen LogP contribution is 2.22. The topological polar surface area (TPSA) is 64.0 Å². The minimum Gasteiger partial charge on any atom is -0.273 e. The number of sulfonamides is 1. The van der Waals surface area contributed by atoms with Crippen molar-refractivity contribution in [2.24, 2.45) is 7.05 Å². The van der Waals surface area contributed by atoms with Gasteiger partial charge in [-0.05, 0) is 44.9 Å². The smallest absolute Gasteiger partial charge is 0.241 e. The van der Waals surface area contributed by atoms with Crippen LogP contribution in [-0.4, -0.2) is 18.2 Å². The van der Waals surface area contributed by atoms with Crippen molar-refractivity contribution >= 4 is 10.0 Å². The second-order valence-electron chi connectivity index (χ2n) is 5.42. The Kier molecular flexibility index (Phi) is 4.20. The molecule has 1 heterocycles. The summed E-state index contributed by atoms with van der Waals surface area (Å²) in [5.41, 5.74) is 3.49. The van der Waals surface area contributed by atoms with Gasteiger partial charge >= 0.3 is 0 Å². The van der Waals surface area contributed by atoms with E-state index in [1.54, 1.807) is 23.9 Å². The number of rotatable bonds is 4. The number of aryl methyl sites for hydroxylation is 3. The highest BCUT2D eigenvalue weighted by molar-refractivity contribution is 7.89. The van der Waals surface area contributed by atoms with Crippen molar-refractivity contribution in [1.29, 1.82) is 0 Å². The zero-order chi connectivity index (χ0) is 15.8. The molecule has 2 aromatic rings. The lowest BCUT2D eigenvalue weighted by atomic mass is 10.1. The molecule has 0 aliphatic rings. The zero-order valence-corrected chi connectivity index (χ0v) is 13.8. The number of hydrogen-bond acceptors (Lipinski definition) is 3. The minimum atomic E-state index is -3.56. The van der Waals surface area contributed by atoms with E-state index < -0.39 is 10.0 Å². The quantitative estimate of drug-likeness (QED) is 0.943. The van der Waals surface area contributed by atoms with Crippen LogP contribution in [-0.2, 0) is 17.1 Å². The third kappa shape index (κ3) is 3.16. The largest absolute Gasteiger partial charge is 0.273 e. The molecule has 1 N–H and O–H groups in total. The molecule has 0 bridgehead atoms. The summed E-state index contributed by atoms with van der Waals surface area (Å²) >= 11 is 0. The Morgan fingerprint density at radius 3 is 2.48 bits per heavy atom. The van der Waals surface area contributed by atoms with Gasteiger partial charge in [0.2, 0.25) is 10.0 Å². The molecule has 1 aromatic heterocycles. The molecule has 1 atom stereocenters. The molecular formula is C15H21N3O2S. The molecule has 0 aliphatic heterocycles. The molecule has 21 heavy (non-hydrogen) atoms. The maximum Gasteiger partial charge on any atom is 0.241 e. The molecule has 1 unspecified atom stereocenters. The van der Waals surface area contributed by atoms with E-state index in [0.717, 1.165) is 22.4 Å². The molecule has 0 fully saturated rings. The molecule has 0 aliphatic carbocycles. The number of nitrogens with one attached hydrogen (secondary N) is 1. The lowest BCUT2D eigenvalue weighted by molar-refractivity contribution is 0.565. The van der Waals surface area contributed by atoms with Crippen molar-refractivity contribution in [1.82, 2.24) is 14.5 Å². The molecule has 114 valence electrons. The third-order valence-corrected chi connectivity index (χ3v) is 5.39. The molecule has 0 saturated heterocycles. The Bertz CT molecular complexity index is 763. The van der Waals surface area contributed by atoms with Gasteiger partial charge in [0.25, 0.3) is 0 Å². The van der Waals surface area contributed by atoms with E-state index in [4.69, 9.17) is 0 Å². The molecule has 5 nitrogen and oxygen atoms in total. The van der Waals surface area contributed by atoms with Gasteiger partial charge in [0.1, 0.15) is 0 Å². The average molecular weight is 307 g/mol. The van der Waals surface area contributed by atoms with E-state index in [9.17, 15) is 8.42 Å². The summed E-state index contributed by atoms with van der Waals surface area (Å²) in [5, 5.41) is 4.15. The number of benzene rings is 1. The van der Waals surface area contributed by atoms with Crippen LogP contribution in [0.3, 0.4) is 0 Å². The Balaban J connectivity index is 2.33. The van der Waals surface area contributed by atoms with Gasteiger partial charge in [-0.15, -0.1) is 0 Å². The Morgan fingerprint density at radius 2 is 1.90 bits per heavy atom. The number of nitrogens with zero attached hydrogens (tertiary/aromatic N) is 2. The van der Waals surface area contributed by atoms with Crippen LogP contribution >= 0.6 is 0 Å². The fourth-order valence-corrected chi connectivity index (χ4v) is 3.85. The van der Waals surface area contributed by atoms with Gasteiger partial charge in [0.15, 0.2) is 0 Å². The summed E-state index contributed by atoms with van der Waals surface area (Å²) in [6.07, 6.45) is 1.70. The summed E-state index contributed by atoms with van der Waals surface area (Å²) < 4.78 is 29.6. The van der Waals surface area contributed by atoms with Crippen molar-refractivity contribution in [3.8, 4) is 0 Å². The molecule has 0 spiro atoms. The molecule has 1 aromatic carbocycles. The third-order valence-electron chi connectivity index (χ3n) is 3.70. The monoisotopic (exact) mass is 307 g/mol. The lowest BCUT2D eigenvalue weighted by Crippen LogP contribution is -2.27. The SMILES string of the molecule is Cc1ccc(C)c(S(=O)(=O)NC(C)c2cnn(C)c2C)c1. The molecule has 0 amide bonds. The van der Waals surface area contributed by atoms with Crippen molar-refractivity contribution in [2.75, 3.05) is 0 Å². The average Bonchev–Trinajstić information content (AvgIpc) is 2.72. The van der Waals surface area contributed by atoms with Crippen LogP contribution in [0.2, 0.25) is 0 Å². The van der Waals surface area contributed by atoms with Crippen LogP contribution in [0.1, 0.15) is 35.3 Å². The Morgan fingerprint density at radius 1 is 1.24 bits per heavy atom. The lowest BCUT2D eigenvalue weighted by Gasteiger charge is -2.16. The van der Waals surface area contributed by atoms with E-state index in [0.29, 0.717) is 4.90 Å². The first kappa shape index (κ1) is 15.7. The summed E-state index contributed by atoms with van der Waals surface area (Å²) in [7, 11) is -1.72. The molecule has 0 saturated carbocycles. The highest BCUT2D eigenvalue weighted by Gasteiger charge is 2.22. The first-order valence-corrected chi connectivity index (χ1v) is 8.29. The van der Waals surface area contributed by atoms with Crippen LogP contribution in [0.5, 0.6) is 0 Å². The summed E-state index contributed by atoms with van der Waals surface area (Å²) in [6, 6.07) is 5.09. The van der Waals surface area contributed by atoms with Crippen molar-refractivity contribution in [2.45, 2.75) is 38.6 Å². The molecular weight excluding hydrogens is 286 g/mol. The Labute approximate surface area is 126 Å². The second-order valence-corrected chi connectivity index (χ2v) is 7.10. The van der Waals surface area contributed by atoms with Crippen molar-refractivity contribution in [3.05, 3.63) is 46.8 Å². The number of hydrogen-bond donors (Lipinski definition) is 1. The minimum absolute atomic E-state index is 0.330. The molecule has 6 heteroatoms. The second kappa shape index (κ2) is 5.61. The maximum atomic E-state index is 12.6. The van der Waals surface area contributed by atoms with E-state index in [2.05, 4.69) is 9.82 Å². The normalized spacial score (nSPS) is 13.4. The zero-order valence-electron chi connectivity index (χ0n) is 13.0. The van der Waals surface area contributed by atoms with Crippen LogP contribution in [0.4, 0.5) is 0 Å². The number of aromatic nitrogens is 2. The van der Waals surface area contributed by atoms with Crippen LogP contribution < -0.4 is 4.72 Å². The fraction of sp³-hybridized carbons (Fsp3) is 0.400. The summed E-state index contributed by atoms with van der Waals surface area (Å²) in [4.78, 5) is 0.330. The maximum absolute atomic E-state index is 12.6. The van der Waals surface area contributed by atoms with Gasteiger partial charge in [-0.3, -0.25) is 4.68 Å². The van der Waals surface area contributed by atoms with E-state index in [-0.39, 0.29) is 6.04 Å². The van der Waals surface area contributed by atoms with Gasteiger partial charge in [0.05, 0.1) is 11.1 Å². The molecule has 2 rings (SSSR count). The van der Waals surface area contributed by atoms with E-state index in [1.807, 2.05) is 40.0 Å². The van der Waals surface area contributed by atoms with Crippen molar-refractivity contribution < 1.29 is 8.42 Å². The molecule has 0 radical (unpaired) electrons. The standard InChI is InChI=1S/C15H21N3O2S/c1-10-6-7-11(2)15(8-10)21(19,20)17-12(3)14-9-16-18(5)13(14)4/h6-9,12,17H,1-5H3. The van der Waals surface area contributed by atoms with Gasteiger partial charge < -0.3 is 0 Å². The first-order chi connectivity index (χ1) is 9.72. The van der Waals surface area contributed by atoms with Gasteiger partial charge in [0, 0.05) is 24.3 Å². The summed E-state index contributed by atoms with van der Waals surface area (Å²) in [5.74, 6) is 0. The first-order valence-electron chi connectivity index (χ1n) is 6.80. The van der Waals surface area contributed by atoms with Crippen LogP contribution in [0, 0.1) is 20.8 Å². The predicted molar refractivity (Wildman–Crippen MR) is 82.6 cm³/mol. The van der Waals surface area contributed by atoms with Gasteiger partial charge in [-0.2, -0.15) is 5.10 Å². The predicted octanol–water partition coefficient (Wildman–Crippen LogP) is 2.38.